The molecule has 96 valence electrons. The van der Waals surface area contributed by atoms with E-state index in [0.29, 0.717) is 6.04 Å². The number of nitrogens with one attached hydrogen (secondary N) is 1. The molecule has 2 nitrogen and oxygen atoms in total. The first-order valence-corrected chi connectivity index (χ1v) is 8.14. The van der Waals surface area contributed by atoms with E-state index in [1.54, 1.807) is 0 Å². The highest BCUT2D eigenvalue weighted by Crippen LogP contribution is 2.22. The molecule has 17 heavy (non-hydrogen) atoms. The largest absolute Gasteiger partial charge is 0.309 e. The first kappa shape index (κ1) is 13.5. The fraction of sp³-hybridized carbons (Fsp3) is 0.692. The third-order valence-corrected chi connectivity index (χ3v) is 5.30. The Morgan fingerprint density at radius 2 is 2.24 bits per heavy atom. The van der Waals surface area contributed by atoms with E-state index in [2.05, 4.69) is 44.5 Å². The number of rotatable bonds is 5. The number of halogens is 1. The fourth-order valence-electron chi connectivity index (χ4n) is 2.37. The highest BCUT2D eigenvalue weighted by atomic mass is 79.9. The second-order valence-corrected chi connectivity index (χ2v) is 6.54. The van der Waals surface area contributed by atoms with Gasteiger partial charge in [0.15, 0.2) is 0 Å². The van der Waals surface area contributed by atoms with Crippen molar-refractivity contribution < 1.29 is 0 Å². The monoisotopic (exact) mass is 316 g/mol. The highest BCUT2D eigenvalue weighted by Gasteiger charge is 2.18. The van der Waals surface area contributed by atoms with Crippen LogP contribution in [0.15, 0.2) is 15.9 Å². The lowest BCUT2D eigenvalue weighted by Gasteiger charge is -2.32. The van der Waals surface area contributed by atoms with Gasteiger partial charge in [-0.05, 0) is 66.3 Å². The van der Waals surface area contributed by atoms with Crippen LogP contribution in [0.1, 0.15) is 31.1 Å². The lowest BCUT2D eigenvalue weighted by atomic mass is 10.0. The molecular formula is C13H21BrN2S. The van der Waals surface area contributed by atoms with E-state index in [4.69, 9.17) is 0 Å². The van der Waals surface area contributed by atoms with Gasteiger partial charge in [0.1, 0.15) is 0 Å². The summed E-state index contributed by atoms with van der Waals surface area (Å²) in [7, 11) is 0. The molecule has 0 saturated carbocycles. The van der Waals surface area contributed by atoms with E-state index in [0.717, 1.165) is 6.54 Å². The molecule has 0 bridgehead atoms. The molecule has 0 amide bonds. The molecule has 0 aliphatic carbocycles. The van der Waals surface area contributed by atoms with Crippen LogP contribution in [0.2, 0.25) is 0 Å². The maximum atomic E-state index is 3.68. The second kappa shape index (κ2) is 6.88. The minimum atomic E-state index is 0.706. The van der Waals surface area contributed by atoms with E-state index < -0.39 is 0 Å². The predicted molar refractivity (Wildman–Crippen MR) is 78.6 cm³/mol. The minimum Gasteiger partial charge on any atom is -0.309 e. The molecule has 0 spiro atoms. The van der Waals surface area contributed by atoms with Gasteiger partial charge in [0, 0.05) is 21.9 Å². The topological polar surface area (TPSA) is 15.3 Å². The Morgan fingerprint density at radius 1 is 1.47 bits per heavy atom. The van der Waals surface area contributed by atoms with Crippen molar-refractivity contribution in [2.24, 2.45) is 0 Å². The molecule has 1 N–H and O–H groups in total. The second-order valence-electron chi connectivity index (χ2n) is 4.69. The molecule has 0 aromatic carbocycles. The number of hydrogen-bond donors (Lipinski definition) is 1. The van der Waals surface area contributed by atoms with Crippen molar-refractivity contribution in [3.8, 4) is 0 Å². The first-order chi connectivity index (χ1) is 8.29. The molecule has 2 heterocycles. The van der Waals surface area contributed by atoms with Crippen LogP contribution in [0.25, 0.3) is 0 Å². The Kier molecular flexibility index (Phi) is 5.48. The molecule has 1 aliphatic rings. The van der Waals surface area contributed by atoms with Crippen LogP contribution in [0, 0.1) is 0 Å². The van der Waals surface area contributed by atoms with Crippen LogP contribution in [-0.4, -0.2) is 30.6 Å². The maximum absolute atomic E-state index is 3.68. The molecule has 0 unspecified atom stereocenters. The van der Waals surface area contributed by atoms with Crippen LogP contribution in [0.5, 0.6) is 0 Å². The van der Waals surface area contributed by atoms with E-state index in [-0.39, 0.29) is 0 Å². The summed E-state index contributed by atoms with van der Waals surface area (Å²) >= 11 is 5.41. The number of likely N-dealkylation sites (tertiary alicyclic amines) is 1. The summed E-state index contributed by atoms with van der Waals surface area (Å²) in [5.41, 5.74) is 0. The maximum Gasteiger partial charge on any atom is 0.0327 e. The van der Waals surface area contributed by atoms with Gasteiger partial charge in [-0.3, -0.25) is 0 Å². The van der Waals surface area contributed by atoms with Crippen LogP contribution < -0.4 is 5.32 Å². The Hall–Kier alpha value is 0.100. The van der Waals surface area contributed by atoms with Crippen molar-refractivity contribution in [2.75, 3.05) is 19.6 Å². The minimum absolute atomic E-state index is 0.706. The summed E-state index contributed by atoms with van der Waals surface area (Å²) in [4.78, 5) is 4.00. The summed E-state index contributed by atoms with van der Waals surface area (Å²) in [5.74, 6) is 0. The average molecular weight is 317 g/mol. The number of hydrogen-bond acceptors (Lipinski definition) is 3. The lowest BCUT2D eigenvalue weighted by Crippen LogP contribution is -2.42. The van der Waals surface area contributed by atoms with Gasteiger partial charge >= 0.3 is 0 Å². The molecule has 1 aromatic heterocycles. The Labute approximate surface area is 117 Å². The zero-order valence-corrected chi connectivity index (χ0v) is 12.8. The van der Waals surface area contributed by atoms with Gasteiger partial charge in [0.25, 0.3) is 0 Å². The third kappa shape index (κ3) is 4.05. The molecular weight excluding hydrogens is 296 g/mol. The molecule has 1 fully saturated rings. The zero-order valence-electron chi connectivity index (χ0n) is 10.4. The molecule has 2 rings (SSSR count). The molecule has 1 aliphatic heterocycles. The molecule has 1 saturated heterocycles. The van der Waals surface area contributed by atoms with Crippen LogP contribution in [-0.2, 0) is 6.54 Å². The third-order valence-electron chi connectivity index (χ3n) is 3.37. The molecule has 4 heteroatoms. The van der Waals surface area contributed by atoms with Crippen LogP contribution >= 0.6 is 27.3 Å². The SMILES string of the molecule is CCCN1CCC(NCc2sccc2Br)CC1. The fourth-order valence-corrected chi connectivity index (χ4v) is 3.81. The highest BCUT2D eigenvalue weighted by molar-refractivity contribution is 9.10. The predicted octanol–water partition coefficient (Wildman–Crippen LogP) is 3.47. The Morgan fingerprint density at radius 3 is 2.82 bits per heavy atom. The number of piperidine rings is 1. The Bertz CT molecular complexity index is 332. The number of nitrogens with zero attached hydrogens (tertiary/aromatic N) is 1. The normalized spacial score (nSPS) is 18.7. The van der Waals surface area contributed by atoms with Gasteiger partial charge in [-0.15, -0.1) is 11.3 Å². The van der Waals surface area contributed by atoms with E-state index in [9.17, 15) is 0 Å². The van der Waals surface area contributed by atoms with Gasteiger partial charge in [-0.2, -0.15) is 0 Å². The molecule has 0 radical (unpaired) electrons. The van der Waals surface area contributed by atoms with Gasteiger partial charge in [0.05, 0.1) is 0 Å². The summed E-state index contributed by atoms with van der Waals surface area (Å²) in [6, 6.07) is 2.84. The van der Waals surface area contributed by atoms with E-state index in [1.807, 2.05) is 11.3 Å². The quantitative estimate of drug-likeness (QED) is 0.894. The zero-order chi connectivity index (χ0) is 12.1. The van der Waals surface area contributed by atoms with Crippen molar-refractivity contribution in [3.05, 3.63) is 20.8 Å². The first-order valence-electron chi connectivity index (χ1n) is 6.47. The Balaban J connectivity index is 1.70. The van der Waals surface area contributed by atoms with Crippen molar-refractivity contribution in [1.29, 1.82) is 0 Å². The number of thiophene rings is 1. The molecule has 0 atom stereocenters. The lowest BCUT2D eigenvalue weighted by molar-refractivity contribution is 0.197. The van der Waals surface area contributed by atoms with Crippen LogP contribution in [0.3, 0.4) is 0 Å². The van der Waals surface area contributed by atoms with E-state index >= 15 is 0 Å². The van der Waals surface area contributed by atoms with Crippen molar-refractivity contribution in [2.45, 2.75) is 38.8 Å². The van der Waals surface area contributed by atoms with E-state index in [1.165, 1.54) is 48.2 Å². The smallest absolute Gasteiger partial charge is 0.0327 e. The van der Waals surface area contributed by atoms with Crippen molar-refractivity contribution in [3.63, 3.8) is 0 Å². The van der Waals surface area contributed by atoms with Crippen LogP contribution in [0.4, 0.5) is 0 Å². The van der Waals surface area contributed by atoms with Crippen molar-refractivity contribution >= 4 is 27.3 Å². The van der Waals surface area contributed by atoms with Gasteiger partial charge < -0.3 is 10.2 Å². The standard InChI is InChI=1S/C13H21BrN2S/c1-2-6-16-7-3-11(4-8-16)15-10-13-12(14)5-9-17-13/h5,9,11,15H,2-4,6-8,10H2,1H3. The van der Waals surface area contributed by atoms with Crippen molar-refractivity contribution in [1.82, 2.24) is 10.2 Å². The summed E-state index contributed by atoms with van der Waals surface area (Å²) < 4.78 is 1.25. The van der Waals surface area contributed by atoms with Gasteiger partial charge in [-0.25, -0.2) is 0 Å². The summed E-state index contributed by atoms with van der Waals surface area (Å²) in [6.07, 6.45) is 3.87. The van der Waals surface area contributed by atoms with Gasteiger partial charge in [0.2, 0.25) is 0 Å². The summed E-state index contributed by atoms with van der Waals surface area (Å²) in [5, 5.41) is 5.83. The van der Waals surface area contributed by atoms with Gasteiger partial charge in [-0.1, -0.05) is 6.92 Å². The summed E-state index contributed by atoms with van der Waals surface area (Å²) in [6.45, 7) is 7.06. The average Bonchev–Trinajstić information content (AvgIpc) is 2.75. The molecule has 1 aromatic rings.